The highest BCUT2D eigenvalue weighted by atomic mass is 16.4. The van der Waals surface area contributed by atoms with E-state index in [4.69, 9.17) is 15.3 Å². The molecule has 0 aromatic heterocycles. The highest BCUT2D eigenvalue weighted by Gasteiger charge is 2.29. The van der Waals surface area contributed by atoms with Crippen molar-refractivity contribution in [3.05, 3.63) is 0 Å². The van der Waals surface area contributed by atoms with E-state index in [2.05, 4.69) is 6.92 Å². The lowest BCUT2D eigenvalue weighted by Crippen LogP contribution is -2.52. The number of carboxylic acid groups (broad SMARTS) is 3. The average molecular weight is 487 g/mol. The van der Waals surface area contributed by atoms with Crippen LogP contribution in [0.5, 0.6) is 0 Å². The number of carbonyl (C=O) groups is 3. The van der Waals surface area contributed by atoms with Crippen LogP contribution in [0.25, 0.3) is 0 Å². The van der Waals surface area contributed by atoms with Crippen molar-refractivity contribution in [2.24, 2.45) is 0 Å². The number of carboxylic acids is 3. The number of hydrogen-bond acceptors (Lipinski definition) is 3. The number of aliphatic carboxylic acids is 3. The van der Waals surface area contributed by atoms with E-state index in [-0.39, 0.29) is 43.4 Å². The summed E-state index contributed by atoms with van der Waals surface area (Å²) in [5.74, 6) is -2.79. The third kappa shape index (κ3) is 20.9. The molecule has 0 radical (unpaired) electrons. The Morgan fingerprint density at radius 3 is 0.971 bits per heavy atom. The first kappa shape index (κ1) is 32.4. The molecule has 7 nitrogen and oxygen atoms in total. The maximum Gasteiger partial charge on any atom is 0.309 e. The number of nitrogens with zero attached hydrogens (tertiary/aromatic N) is 1. The molecule has 0 heterocycles. The molecule has 200 valence electrons. The minimum atomic E-state index is -0.930. The first-order chi connectivity index (χ1) is 16.3. The zero-order valence-corrected chi connectivity index (χ0v) is 21.8. The summed E-state index contributed by atoms with van der Waals surface area (Å²) in [5, 5.41) is 27.3. The molecule has 0 bridgehead atoms. The van der Waals surface area contributed by atoms with Gasteiger partial charge in [-0.3, -0.25) is 14.4 Å². The van der Waals surface area contributed by atoms with Gasteiger partial charge in [0.2, 0.25) is 0 Å². The molecule has 0 spiro atoms. The second-order valence-electron chi connectivity index (χ2n) is 9.97. The summed E-state index contributed by atoms with van der Waals surface area (Å²) in [6.45, 7) is 3.76. The molecule has 7 heteroatoms. The van der Waals surface area contributed by atoms with Gasteiger partial charge in [-0.1, -0.05) is 96.8 Å². The summed E-state index contributed by atoms with van der Waals surface area (Å²) < 4.78 is 0.267. The van der Waals surface area contributed by atoms with Crippen molar-refractivity contribution in [2.75, 3.05) is 26.2 Å². The van der Waals surface area contributed by atoms with Crippen LogP contribution >= 0.6 is 0 Å². The maximum atomic E-state index is 11.1. The quantitative estimate of drug-likeness (QED) is 0.0951. The molecule has 0 fully saturated rings. The van der Waals surface area contributed by atoms with E-state index in [0.717, 1.165) is 19.3 Å². The van der Waals surface area contributed by atoms with Crippen LogP contribution in [-0.4, -0.2) is 63.9 Å². The summed E-state index contributed by atoms with van der Waals surface area (Å²) in [7, 11) is 0. The normalized spacial score (nSPS) is 11.6. The van der Waals surface area contributed by atoms with Gasteiger partial charge in [-0.25, -0.2) is 0 Å². The van der Waals surface area contributed by atoms with Crippen molar-refractivity contribution in [2.45, 2.75) is 129 Å². The summed E-state index contributed by atoms with van der Waals surface area (Å²) >= 11 is 0. The topological polar surface area (TPSA) is 112 Å². The average Bonchev–Trinajstić information content (AvgIpc) is 2.79. The fourth-order valence-electron chi connectivity index (χ4n) is 4.66. The van der Waals surface area contributed by atoms with Crippen LogP contribution in [0.3, 0.4) is 0 Å². The monoisotopic (exact) mass is 486 g/mol. The van der Waals surface area contributed by atoms with Gasteiger partial charge in [0.05, 0.1) is 45.4 Å². The Morgan fingerprint density at radius 2 is 0.706 bits per heavy atom. The molecule has 0 atom stereocenters. The minimum absolute atomic E-state index is 0.0713. The molecule has 0 amide bonds. The summed E-state index contributed by atoms with van der Waals surface area (Å²) in [4.78, 5) is 33.3. The molecule has 3 N–H and O–H groups in total. The Balaban J connectivity index is 4.04. The van der Waals surface area contributed by atoms with Crippen LogP contribution < -0.4 is 0 Å². The van der Waals surface area contributed by atoms with E-state index in [1.807, 2.05) is 0 Å². The van der Waals surface area contributed by atoms with Crippen molar-refractivity contribution < 1.29 is 34.2 Å². The predicted octanol–water partition coefficient (Wildman–Crippen LogP) is 6.49. The largest absolute Gasteiger partial charge is 0.481 e. The summed E-state index contributed by atoms with van der Waals surface area (Å²) in [5.41, 5.74) is 0. The Bertz CT molecular complexity index is 492. The first-order valence-corrected chi connectivity index (χ1v) is 13.8. The molecule has 0 unspecified atom stereocenters. The van der Waals surface area contributed by atoms with Gasteiger partial charge in [-0.05, 0) is 12.8 Å². The van der Waals surface area contributed by atoms with Crippen LogP contribution in [0.15, 0.2) is 0 Å². The Kier molecular flexibility index (Phi) is 20.8. The zero-order valence-electron chi connectivity index (χ0n) is 21.8. The molecule has 0 aliphatic heterocycles. The minimum Gasteiger partial charge on any atom is -0.481 e. The summed E-state index contributed by atoms with van der Waals surface area (Å²) in [6, 6.07) is 0. The Hall–Kier alpha value is -1.63. The molecule has 0 rings (SSSR count). The van der Waals surface area contributed by atoms with Gasteiger partial charge < -0.3 is 19.8 Å². The number of hydrogen-bond donors (Lipinski definition) is 3. The molecular formula is C27H52NO6+. The third-order valence-corrected chi connectivity index (χ3v) is 6.89. The van der Waals surface area contributed by atoms with Crippen molar-refractivity contribution in [3.8, 4) is 0 Å². The number of unbranched alkanes of at least 4 members (excludes halogenated alkanes) is 15. The van der Waals surface area contributed by atoms with Crippen molar-refractivity contribution in [1.82, 2.24) is 0 Å². The van der Waals surface area contributed by atoms with E-state index >= 15 is 0 Å². The smallest absolute Gasteiger partial charge is 0.309 e. The zero-order chi connectivity index (χ0) is 25.5. The highest BCUT2D eigenvalue weighted by Crippen LogP contribution is 2.17. The van der Waals surface area contributed by atoms with Gasteiger partial charge >= 0.3 is 17.9 Å². The summed E-state index contributed by atoms with van der Waals surface area (Å²) in [6.07, 6.45) is 20.2. The van der Waals surface area contributed by atoms with Gasteiger partial charge in [-0.15, -0.1) is 0 Å². The van der Waals surface area contributed by atoms with E-state index in [0.29, 0.717) is 6.54 Å². The van der Waals surface area contributed by atoms with Crippen LogP contribution in [0.4, 0.5) is 0 Å². The standard InChI is InChI=1S/C27H51NO6/c1-2-3-4-5-6-7-8-9-10-11-12-13-14-15-16-17-21-28(22-18-25(29)30,23-19-26(31)32)24-20-27(33)34/h2-24H2,1H3,(H2-,29,30,31,32,33,34)/p+1. The van der Waals surface area contributed by atoms with Crippen LogP contribution in [0, 0.1) is 0 Å². The SMILES string of the molecule is CCCCCCCCCCCCCCCCCC[N+](CCC(=O)O)(CCC(=O)O)CCC(=O)O. The van der Waals surface area contributed by atoms with E-state index in [1.165, 1.54) is 83.5 Å². The van der Waals surface area contributed by atoms with Gasteiger partial charge in [-0.2, -0.15) is 0 Å². The lowest BCUT2D eigenvalue weighted by molar-refractivity contribution is -0.927. The fraction of sp³-hybridized carbons (Fsp3) is 0.889. The molecule has 0 aliphatic rings. The second-order valence-corrected chi connectivity index (χ2v) is 9.97. The van der Waals surface area contributed by atoms with Gasteiger partial charge in [0.25, 0.3) is 0 Å². The molecular weight excluding hydrogens is 434 g/mol. The van der Waals surface area contributed by atoms with Crippen LogP contribution in [0.1, 0.15) is 129 Å². The molecule has 0 saturated carbocycles. The van der Waals surface area contributed by atoms with E-state index in [9.17, 15) is 14.4 Å². The molecule has 0 aromatic rings. The maximum absolute atomic E-state index is 11.1. The van der Waals surface area contributed by atoms with Crippen molar-refractivity contribution >= 4 is 17.9 Å². The predicted molar refractivity (Wildman–Crippen MR) is 136 cm³/mol. The van der Waals surface area contributed by atoms with Crippen LogP contribution in [0.2, 0.25) is 0 Å². The molecule has 0 aromatic carbocycles. The number of rotatable bonds is 26. The molecule has 34 heavy (non-hydrogen) atoms. The molecule has 0 saturated heterocycles. The number of quaternary nitrogens is 1. The highest BCUT2D eigenvalue weighted by molar-refractivity contribution is 5.67. The van der Waals surface area contributed by atoms with Gasteiger partial charge in [0.1, 0.15) is 0 Å². The lowest BCUT2D eigenvalue weighted by atomic mass is 10.0. The first-order valence-electron chi connectivity index (χ1n) is 13.8. The van der Waals surface area contributed by atoms with Gasteiger partial charge in [0.15, 0.2) is 0 Å². The van der Waals surface area contributed by atoms with Crippen molar-refractivity contribution in [1.29, 1.82) is 0 Å². The van der Waals surface area contributed by atoms with Crippen LogP contribution in [-0.2, 0) is 14.4 Å². The third-order valence-electron chi connectivity index (χ3n) is 6.89. The Morgan fingerprint density at radius 1 is 0.441 bits per heavy atom. The molecule has 0 aliphatic carbocycles. The van der Waals surface area contributed by atoms with Crippen molar-refractivity contribution in [3.63, 3.8) is 0 Å². The lowest BCUT2D eigenvalue weighted by Gasteiger charge is -2.38. The van der Waals surface area contributed by atoms with E-state index in [1.54, 1.807) is 0 Å². The second kappa shape index (κ2) is 21.9. The Labute approximate surface area is 207 Å². The fourth-order valence-corrected chi connectivity index (χ4v) is 4.66. The van der Waals surface area contributed by atoms with Gasteiger partial charge in [0, 0.05) is 0 Å². The van der Waals surface area contributed by atoms with E-state index < -0.39 is 17.9 Å².